The number of morpholine rings is 1. The normalized spacial score (nSPS) is 26.5. The molecule has 2 heterocycles. The molecule has 1 spiro atoms. The van der Waals surface area contributed by atoms with Gasteiger partial charge in [-0.05, 0) is 12.1 Å². The van der Waals surface area contributed by atoms with Crippen LogP contribution in [0.1, 0.15) is 0 Å². The molecule has 1 aromatic rings. The Bertz CT molecular complexity index is 827. The van der Waals surface area contributed by atoms with E-state index in [1.807, 2.05) is 0 Å². The lowest BCUT2D eigenvalue weighted by Crippen LogP contribution is -2.61. The molecule has 3 rings (SSSR count). The summed E-state index contributed by atoms with van der Waals surface area (Å²) in [6.07, 6.45) is 1.05. The summed E-state index contributed by atoms with van der Waals surface area (Å²) in [5.74, 6) is -1.36. The van der Waals surface area contributed by atoms with Crippen molar-refractivity contribution in [3.8, 4) is 5.75 Å². The number of nitrogens with zero attached hydrogens (tertiary/aromatic N) is 1. The van der Waals surface area contributed by atoms with Gasteiger partial charge in [-0.15, -0.1) is 0 Å². The average Bonchev–Trinajstić information content (AvgIpc) is 2.99. The molecule has 0 saturated carbocycles. The highest BCUT2D eigenvalue weighted by Crippen LogP contribution is 2.35. The predicted molar refractivity (Wildman–Crippen MR) is 93.2 cm³/mol. The summed E-state index contributed by atoms with van der Waals surface area (Å²) < 4.78 is 35.8. The molecular weight excluding hydrogens is 362 g/mol. The van der Waals surface area contributed by atoms with Gasteiger partial charge in [0.15, 0.2) is 5.60 Å². The zero-order valence-electron chi connectivity index (χ0n) is 14.5. The third-order valence-electron chi connectivity index (χ3n) is 4.61. The second-order valence-electron chi connectivity index (χ2n) is 6.32. The summed E-state index contributed by atoms with van der Waals surface area (Å²) in [6, 6.07) is 6.76. The number of methoxy groups -OCH3 is 1. The molecule has 0 aromatic heterocycles. The molecule has 26 heavy (non-hydrogen) atoms. The number of rotatable bonds is 4. The molecular formula is C16H21N3O6S. The van der Waals surface area contributed by atoms with Crippen LogP contribution in [0.15, 0.2) is 24.3 Å². The number of sulfonamides is 1. The first kappa shape index (κ1) is 18.6. The van der Waals surface area contributed by atoms with Gasteiger partial charge in [0.2, 0.25) is 15.9 Å². The van der Waals surface area contributed by atoms with Crippen molar-refractivity contribution in [2.45, 2.75) is 5.60 Å². The Balaban J connectivity index is 1.89. The van der Waals surface area contributed by atoms with Gasteiger partial charge < -0.3 is 20.1 Å². The number of nitrogens with one attached hydrogen (secondary N) is 2. The van der Waals surface area contributed by atoms with E-state index in [1.54, 1.807) is 24.3 Å². The summed E-state index contributed by atoms with van der Waals surface area (Å²) in [5.41, 5.74) is -1.04. The van der Waals surface area contributed by atoms with Crippen LogP contribution in [0.2, 0.25) is 0 Å². The van der Waals surface area contributed by atoms with Crippen molar-refractivity contribution in [1.82, 2.24) is 9.62 Å². The van der Waals surface area contributed by atoms with Crippen LogP contribution in [0.3, 0.4) is 0 Å². The zero-order valence-corrected chi connectivity index (χ0v) is 15.3. The highest BCUT2D eigenvalue weighted by Gasteiger charge is 2.59. The van der Waals surface area contributed by atoms with Gasteiger partial charge in [-0.25, -0.2) is 8.42 Å². The predicted octanol–water partition coefficient (Wildman–Crippen LogP) is -0.590. The van der Waals surface area contributed by atoms with Gasteiger partial charge in [0.05, 0.1) is 32.4 Å². The second kappa shape index (κ2) is 6.86. The molecule has 0 bridgehead atoms. The van der Waals surface area contributed by atoms with Crippen LogP contribution in [0.5, 0.6) is 5.75 Å². The highest BCUT2D eigenvalue weighted by molar-refractivity contribution is 7.88. The molecule has 142 valence electrons. The molecule has 10 heteroatoms. The van der Waals surface area contributed by atoms with E-state index in [2.05, 4.69) is 10.6 Å². The molecule has 9 nitrogen and oxygen atoms in total. The molecule has 2 fully saturated rings. The number of hydrogen-bond acceptors (Lipinski definition) is 6. The lowest BCUT2D eigenvalue weighted by molar-refractivity contribution is -0.161. The van der Waals surface area contributed by atoms with E-state index in [4.69, 9.17) is 9.47 Å². The summed E-state index contributed by atoms with van der Waals surface area (Å²) in [7, 11) is -2.07. The van der Waals surface area contributed by atoms with Crippen LogP contribution in [-0.2, 0) is 24.3 Å². The standard InChI is InChI=1S/C16H21N3O6S/c1-24-12-5-3-4-11(8-12)18-14(20)13-9-19(26(2,22)23)10-16(13)15(21)17-6-7-25-16/h3-5,8,13H,6-7,9-10H2,1-2H3,(H,17,21)(H,18,20)/t13-,16-/m1/s1. The number of anilines is 1. The summed E-state index contributed by atoms with van der Waals surface area (Å²) >= 11 is 0. The third kappa shape index (κ3) is 3.39. The van der Waals surface area contributed by atoms with E-state index in [0.29, 0.717) is 18.0 Å². The molecule has 0 aliphatic carbocycles. The monoisotopic (exact) mass is 383 g/mol. The lowest BCUT2D eigenvalue weighted by atomic mass is 9.87. The number of carbonyl (C=O) groups excluding carboxylic acids is 2. The van der Waals surface area contributed by atoms with E-state index in [9.17, 15) is 18.0 Å². The quantitative estimate of drug-likeness (QED) is 0.718. The van der Waals surface area contributed by atoms with Crippen molar-refractivity contribution in [3.63, 3.8) is 0 Å². The Morgan fingerprint density at radius 1 is 1.46 bits per heavy atom. The van der Waals surface area contributed by atoms with Crippen molar-refractivity contribution in [2.24, 2.45) is 5.92 Å². The van der Waals surface area contributed by atoms with Gasteiger partial charge in [0.25, 0.3) is 5.91 Å². The molecule has 2 saturated heterocycles. The zero-order chi connectivity index (χ0) is 18.9. The Morgan fingerprint density at radius 2 is 2.23 bits per heavy atom. The van der Waals surface area contributed by atoms with Gasteiger partial charge in [0.1, 0.15) is 5.75 Å². The second-order valence-corrected chi connectivity index (χ2v) is 8.31. The molecule has 0 unspecified atom stereocenters. The highest BCUT2D eigenvalue weighted by atomic mass is 32.2. The molecule has 0 radical (unpaired) electrons. The van der Waals surface area contributed by atoms with Crippen molar-refractivity contribution >= 4 is 27.5 Å². The van der Waals surface area contributed by atoms with E-state index in [0.717, 1.165) is 10.6 Å². The van der Waals surface area contributed by atoms with Crippen molar-refractivity contribution in [2.75, 3.05) is 44.9 Å². The number of carbonyl (C=O) groups is 2. The lowest BCUT2D eigenvalue weighted by Gasteiger charge is -2.36. The third-order valence-corrected chi connectivity index (χ3v) is 5.83. The maximum Gasteiger partial charge on any atom is 0.254 e. The van der Waals surface area contributed by atoms with Gasteiger partial charge in [0, 0.05) is 24.8 Å². The smallest absolute Gasteiger partial charge is 0.254 e. The summed E-state index contributed by atoms with van der Waals surface area (Å²) in [6.45, 7) is 0.228. The minimum Gasteiger partial charge on any atom is -0.497 e. The first-order valence-corrected chi connectivity index (χ1v) is 9.93. The minimum absolute atomic E-state index is 0.123. The van der Waals surface area contributed by atoms with Gasteiger partial charge in [-0.2, -0.15) is 4.31 Å². The molecule has 1 aromatic carbocycles. The number of ether oxygens (including phenoxy) is 2. The Morgan fingerprint density at radius 3 is 2.88 bits per heavy atom. The molecule has 2 atom stereocenters. The Hall–Kier alpha value is -2.17. The molecule has 2 aliphatic rings. The topological polar surface area (TPSA) is 114 Å². The van der Waals surface area contributed by atoms with E-state index >= 15 is 0 Å². The fourth-order valence-electron chi connectivity index (χ4n) is 3.25. The Labute approximate surface area is 151 Å². The van der Waals surface area contributed by atoms with Crippen LogP contribution < -0.4 is 15.4 Å². The van der Waals surface area contributed by atoms with Gasteiger partial charge in [-0.3, -0.25) is 9.59 Å². The van der Waals surface area contributed by atoms with Gasteiger partial charge >= 0.3 is 0 Å². The largest absolute Gasteiger partial charge is 0.497 e. The van der Waals surface area contributed by atoms with Crippen molar-refractivity contribution < 1.29 is 27.5 Å². The molecule has 2 aliphatic heterocycles. The van der Waals surface area contributed by atoms with E-state index in [1.165, 1.54) is 7.11 Å². The fourth-order valence-corrected chi connectivity index (χ4v) is 4.10. The van der Waals surface area contributed by atoms with Crippen LogP contribution >= 0.6 is 0 Å². The fraction of sp³-hybridized carbons (Fsp3) is 0.500. The first-order valence-electron chi connectivity index (χ1n) is 8.08. The van der Waals surface area contributed by atoms with Crippen LogP contribution in [0.25, 0.3) is 0 Å². The number of hydrogen-bond donors (Lipinski definition) is 2. The summed E-state index contributed by atoms with van der Waals surface area (Å²) in [5, 5.41) is 5.39. The van der Waals surface area contributed by atoms with Gasteiger partial charge in [-0.1, -0.05) is 6.07 Å². The van der Waals surface area contributed by atoms with Crippen LogP contribution in [0.4, 0.5) is 5.69 Å². The van der Waals surface area contributed by atoms with Crippen LogP contribution in [0, 0.1) is 5.92 Å². The van der Waals surface area contributed by atoms with E-state index in [-0.39, 0.29) is 19.7 Å². The number of amides is 2. The average molecular weight is 383 g/mol. The summed E-state index contributed by atoms with van der Waals surface area (Å²) in [4.78, 5) is 25.4. The molecule has 2 N–H and O–H groups in total. The Kier molecular flexibility index (Phi) is 4.91. The van der Waals surface area contributed by atoms with Crippen LogP contribution in [-0.4, -0.2) is 69.7 Å². The molecule has 2 amide bonds. The van der Waals surface area contributed by atoms with E-state index < -0.39 is 33.4 Å². The number of benzene rings is 1. The maximum atomic E-state index is 12.9. The van der Waals surface area contributed by atoms with Crippen molar-refractivity contribution in [1.29, 1.82) is 0 Å². The van der Waals surface area contributed by atoms with Crippen molar-refractivity contribution in [3.05, 3.63) is 24.3 Å². The first-order chi connectivity index (χ1) is 12.3. The maximum absolute atomic E-state index is 12.9. The SMILES string of the molecule is COc1cccc(NC(=O)[C@H]2CN(S(C)(=O)=O)C[C@@]23OCCNC3=O)c1. The minimum atomic E-state index is -3.58.